The number of ether oxygens (including phenoxy) is 1. The summed E-state index contributed by atoms with van der Waals surface area (Å²) in [5.74, 6) is -0.0433. The summed E-state index contributed by atoms with van der Waals surface area (Å²) in [6.07, 6.45) is 10.8. The number of carbonyl (C=O) groups excluding carboxylic acids is 1. The van der Waals surface area contributed by atoms with Crippen LogP contribution in [0.2, 0.25) is 10.2 Å². The summed E-state index contributed by atoms with van der Waals surface area (Å²) in [6.45, 7) is 17.6. The second-order valence-electron chi connectivity index (χ2n) is 13.1. The van der Waals surface area contributed by atoms with Crippen LogP contribution in [0.5, 0.6) is 0 Å². The summed E-state index contributed by atoms with van der Waals surface area (Å²) >= 11 is -1.11. The summed E-state index contributed by atoms with van der Waals surface area (Å²) in [6, 6.07) is 0. The van der Waals surface area contributed by atoms with Crippen LogP contribution in [0.15, 0.2) is 0 Å². The van der Waals surface area contributed by atoms with E-state index in [2.05, 4.69) is 66.0 Å². The van der Waals surface area contributed by atoms with Crippen molar-refractivity contribution in [3.63, 3.8) is 0 Å². The Labute approximate surface area is 207 Å². The Balaban J connectivity index is 1.54. The van der Waals surface area contributed by atoms with Crippen molar-refractivity contribution in [3.05, 3.63) is 0 Å². The Bertz CT molecular complexity index is 640. The summed E-state index contributed by atoms with van der Waals surface area (Å²) in [4.78, 5) is 12.6. The zero-order chi connectivity index (χ0) is 24.9. The molecule has 0 bridgehead atoms. The van der Waals surface area contributed by atoms with Crippen LogP contribution in [0.4, 0.5) is 0 Å². The Morgan fingerprint density at radius 2 is 1.15 bits per heavy atom. The van der Waals surface area contributed by atoms with Crippen LogP contribution in [0, 0.1) is 0 Å². The molecule has 2 aliphatic heterocycles. The smallest absolute Gasteiger partial charge is 0.307 e. The topological polar surface area (TPSA) is 67.4 Å². The molecule has 0 spiro atoms. The quantitative estimate of drug-likeness (QED) is 0.239. The van der Waals surface area contributed by atoms with E-state index in [-0.39, 0.29) is 34.2 Å². The molecule has 0 amide bonds. The van der Waals surface area contributed by atoms with Gasteiger partial charge >= 0.3 is 164 Å². The van der Waals surface area contributed by atoms with Gasteiger partial charge in [0, 0.05) is 11.1 Å². The Morgan fingerprint density at radius 1 is 0.727 bits per heavy atom. The summed E-state index contributed by atoms with van der Waals surface area (Å²) in [5.41, 5.74) is 0.130. The predicted octanol–water partition coefficient (Wildman–Crippen LogP) is 6.68. The number of esters is 1. The van der Waals surface area contributed by atoms with E-state index < -0.39 is 13.6 Å². The van der Waals surface area contributed by atoms with Gasteiger partial charge in [-0.15, -0.1) is 0 Å². The van der Waals surface area contributed by atoms with E-state index >= 15 is 0 Å². The van der Waals surface area contributed by atoms with E-state index in [1.807, 2.05) is 0 Å². The fraction of sp³-hybridized carbons (Fsp3) is 0.963. The summed E-state index contributed by atoms with van der Waals surface area (Å²) in [5, 5.41) is 8.18. The maximum atomic E-state index is 12.9. The molecule has 2 rings (SSSR count). The van der Waals surface area contributed by atoms with Crippen molar-refractivity contribution in [1.82, 2.24) is 10.6 Å². The second-order valence-corrected chi connectivity index (χ2v) is 15.5. The van der Waals surface area contributed by atoms with Crippen molar-refractivity contribution in [3.8, 4) is 0 Å². The van der Waals surface area contributed by atoms with Crippen molar-refractivity contribution in [2.75, 3.05) is 0 Å². The zero-order valence-corrected chi connectivity index (χ0v) is 23.7. The summed E-state index contributed by atoms with van der Waals surface area (Å²) in [7, 11) is 0. The van der Waals surface area contributed by atoms with E-state index in [0.717, 1.165) is 69.6 Å². The number of carbonyl (C=O) groups is 1. The molecular formula is C27H52CoN2O3. The third-order valence-corrected chi connectivity index (χ3v) is 9.04. The Hall–Kier alpha value is -0.304. The van der Waals surface area contributed by atoms with Gasteiger partial charge in [-0.1, -0.05) is 0 Å². The molecule has 0 aromatic carbocycles. The molecule has 2 saturated heterocycles. The minimum absolute atomic E-state index is 0.00261. The minimum Gasteiger partial charge on any atom is -0.307 e. The van der Waals surface area contributed by atoms with Crippen LogP contribution in [-0.4, -0.2) is 34.2 Å². The van der Waals surface area contributed by atoms with E-state index in [4.69, 9.17) is 4.74 Å². The molecule has 2 fully saturated rings. The molecule has 0 atom stereocenters. The van der Waals surface area contributed by atoms with Gasteiger partial charge in [-0.3, -0.25) is 0 Å². The first kappa shape index (κ1) is 28.9. The van der Waals surface area contributed by atoms with E-state index in [0.29, 0.717) is 11.3 Å². The predicted molar refractivity (Wildman–Crippen MR) is 132 cm³/mol. The summed E-state index contributed by atoms with van der Waals surface area (Å²) < 4.78 is 18.7. The van der Waals surface area contributed by atoms with E-state index in [1.165, 1.54) is 0 Å². The van der Waals surface area contributed by atoms with Gasteiger partial charge in [-0.05, 0) is 27.7 Å². The molecule has 33 heavy (non-hydrogen) atoms. The molecule has 0 unspecified atom stereocenters. The van der Waals surface area contributed by atoms with Crippen LogP contribution in [-0.2, 0) is 27.0 Å². The SMILES string of the molecule is CC1(C)CC(OC(=O)CCCCCCC[CH2][Co](=[O])[CH]2CC(C)(C)NC(C)(C)C2)CC(C)(C)N1. The van der Waals surface area contributed by atoms with Crippen LogP contribution in [0.1, 0.15) is 126 Å². The normalized spacial score (nSPS) is 24.9. The van der Waals surface area contributed by atoms with Crippen molar-refractivity contribution in [2.45, 2.75) is 164 Å². The third-order valence-electron chi connectivity index (χ3n) is 6.79. The Kier molecular flexibility index (Phi) is 10.2. The molecule has 5 nitrogen and oxygen atoms in total. The molecule has 2 aliphatic rings. The van der Waals surface area contributed by atoms with Crippen molar-refractivity contribution in [1.29, 1.82) is 0 Å². The van der Waals surface area contributed by atoms with Crippen molar-refractivity contribution < 1.29 is 27.0 Å². The first-order valence-corrected chi connectivity index (χ1v) is 14.9. The van der Waals surface area contributed by atoms with Crippen LogP contribution >= 0.6 is 0 Å². The molecule has 0 radical (unpaired) electrons. The molecular weight excluding hydrogens is 459 g/mol. The average Bonchev–Trinajstić information content (AvgIpc) is 2.58. The number of rotatable bonds is 11. The van der Waals surface area contributed by atoms with Gasteiger partial charge in [0.05, 0.1) is 0 Å². The van der Waals surface area contributed by atoms with Crippen molar-refractivity contribution >= 4 is 5.97 Å². The molecule has 0 saturated carbocycles. The van der Waals surface area contributed by atoms with Crippen LogP contribution in [0.25, 0.3) is 0 Å². The number of nitrogens with one attached hydrogen (secondary N) is 2. The molecule has 2 heterocycles. The van der Waals surface area contributed by atoms with Crippen LogP contribution in [0.3, 0.4) is 0 Å². The molecule has 0 aliphatic carbocycles. The van der Waals surface area contributed by atoms with Gasteiger partial charge < -0.3 is 5.32 Å². The molecule has 2 N–H and O–H groups in total. The molecule has 0 aromatic rings. The van der Waals surface area contributed by atoms with Gasteiger partial charge in [-0.25, -0.2) is 0 Å². The van der Waals surface area contributed by atoms with Crippen LogP contribution < -0.4 is 10.6 Å². The van der Waals surface area contributed by atoms with Gasteiger partial charge in [0.25, 0.3) is 0 Å². The second kappa shape index (κ2) is 11.6. The van der Waals surface area contributed by atoms with Gasteiger partial charge in [-0.2, -0.15) is 0 Å². The Morgan fingerprint density at radius 3 is 1.67 bits per heavy atom. The van der Waals surface area contributed by atoms with E-state index in [9.17, 15) is 8.66 Å². The average molecular weight is 512 g/mol. The molecule has 197 valence electrons. The zero-order valence-electron chi connectivity index (χ0n) is 22.7. The standard InChI is InChI=1S/C18H34NO2.C9H18N.Co.O/c1-6-7-8-9-10-11-12-16(20)21-15-13-17(2,3)19-18(4,5)14-15;1-8(2)6-5-7-9(3,4)10-8;;/h15,19H,1,6-14H2,2-5H3;5,10H,6-7H2,1-4H3;;. The fourth-order valence-corrected chi connectivity index (χ4v) is 8.76. The monoisotopic (exact) mass is 511 g/mol. The number of hydrogen-bond donors (Lipinski definition) is 2. The molecule has 0 aromatic heterocycles. The number of unbranched alkanes of at least 4 members (excludes halogenated alkanes) is 5. The van der Waals surface area contributed by atoms with Gasteiger partial charge in [0.15, 0.2) is 0 Å². The van der Waals surface area contributed by atoms with Gasteiger partial charge in [0.2, 0.25) is 0 Å². The molecule has 6 heteroatoms. The number of piperidine rings is 2. The maximum absolute atomic E-state index is 12.9. The fourth-order valence-electron chi connectivity index (χ4n) is 6.17. The third kappa shape index (κ3) is 10.9. The van der Waals surface area contributed by atoms with Gasteiger partial charge in [0.1, 0.15) is 0 Å². The first-order valence-electron chi connectivity index (χ1n) is 13.1. The number of hydrogen-bond acceptors (Lipinski definition) is 5. The first-order chi connectivity index (χ1) is 15.1. The van der Waals surface area contributed by atoms with E-state index in [1.54, 1.807) is 0 Å². The van der Waals surface area contributed by atoms with Crippen molar-refractivity contribution in [2.24, 2.45) is 0 Å². The minimum atomic E-state index is -1.11.